The molecule has 1 aliphatic heterocycles. The lowest BCUT2D eigenvalue weighted by Crippen LogP contribution is -2.40. The number of aliphatic imine (C=N–C) groups is 1. The normalized spacial score (nSPS) is 17.0. The number of nitrogens with two attached hydrogens (primary N) is 1. The number of nitrogens with zero attached hydrogens (tertiary/aromatic N) is 2. The Kier molecular flexibility index (Phi) is 5.87. The number of rotatable bonds is 6. The molecule has 0 radical (unpaired) electrons. The molecule has 1 heterocycles. The summed E-state index contributed by atoms with van der Waals surface area (Å²) in [6.45, 7) is 5.51. The second-order valence-corrected chi connectivity index (χ2v) is 5.53. The van der Waals surface area contributed by atoms with Crippen LogP contribution in [0.25, 0.3) is 0 Å². The molecule has 0 amide bonds. The zero-order valence-electron chi connectivity index (χ0n) is 13.0. The number of anilines is 1. The van der Waals surface area contributed by atoms with Gasteiger partial charge in [0, 0.05) is 31.9 Å². The van der Waals surface area contributed by atoms with E-state index in [-0.39, 0.29) is 6.04 Å². The van der Waals surface area contributed by atoms with Crippen LogP contribution in [0.4, 0.5) is 5.69 Å². The van der Waals surface area contributed by atoms with Crippen LogP contribution in [0.2, 0.25) is 0 Å². The van der Waals surface area contributed by atoms with Crippen molar-refractivity contribution in [3.63, 3.8) is 0 Å². The zero-order chi connectivity index (χ0) is 15.1. The Bertz CT molecular complexity index is 469. The van der Waals surface area contributed by atoms with Gasteiger partial charge in [0.15, 0.2) is 5.96 Å². The minimum absolute atomic E-state index is 0.160. The molecule has 116 valence electrons. The van der Waals surface area contributed by atoms with Crippen molar-refractivity contribution in [1.29, 1.82) is 0 Å². The van der Waals surface area contributed by atoms with Crippen molar-refractivity contribution in [1.82, 2.24) is 5.32 Å². The van der Waals surface area contributed by atoms with E-state index in [0.717, 1.165) is 13.1 Å². The Labute approximate surface area is 127 Å². The maximum Gasteiger partial charge on any atom is 0.189 e. The molecule has 1 atom stereocenters. The largest absolute Gasteiger partial charge is 0.383 e. The molecular formula is C16H26N4O. The number of para-hydroxylation sites is 1. The summed E-state index contributed by atoms with van der Waals surface area (Å²) < 4.78 is 5.07. The van der Waals surface area contributed by atoms with Crippen molar-refractivity contribution in [3.05, 3.63) is 29.8 Å². The van der Waals surface area contributed by atoms with Gasteiger partial charge in [-0.1, -0.05) is 18.2 Å². The predicted octanol–water partition coefficient (Wildman–Crippen LogP) is 1.73. The third-order valence-electron chi connectivity index (χ3n) is 3.67. The molecule has 0 aliphatic carbocycles. The SMILES string of the molecule is COC[C@H](C)NC(N)=NCc1ccccc1N1CCCC1. The maximum absolute atomic E-state index is 5.93. The van der Waals surface area contributed by atoms with Crippen molar-refractivity contribution in [2.24, 2.45) is 10.7 Å². The van der Waals surface area contributed by atoms with Crippen LogP contribution < -0.4 is 16.0 Å². The first-order chi connectivity index (χ1) is 10.2. The Morgan fingerprint density at radius 2 is 2.10 bits per heavy atom. The van der Waals surface area contributed by atoms with Gasteiger partial charge in [-0.25, -0.2) is 4.99 Å². The van der Waals surface area contributed by atoms with E-state index in [1.165, 1.54) is 24.1 Å². The molecule has 0 spiro atoms. The molecule has 21 heavy (non-hydrogen) atoms. The number of benzene rings is 1. The molecule has 1 saturated heterocycles. The molecule has 3 N–H and O–H groups in total. The maximum atomic E-state index is 5.93. The summed E-state index contributed by atoms with van der Waals surface area (Å²) in [5, 5.41) is 3.13. The van der Waals surface area contributed by atoms with Gasteiger partial charge >= 0.3 is 0 Å². The fourth-order valence-electron chi connectivity index (χ4n) is 2.67. The minimum Gasteiger partial charge on any atom is -0.383 e. The number of guanidine groups is 1. The van der Waals surface area contributed by atoms with E-state index in [1.54, 1.807) is 7.11 Å². The van der Waals surface area contributed by atoms with E-state index in [0.29, 0.717) is 19.1 Å². The summed E-state index contributed by atoms with van der Waals surface area (Å²) in [4.78, 5) is 6.88. The monoisotopic (exact) mass is 290 g/mol. The molecule has 1 aromatic carbocycles. The Hall–Kier alpha value is -1.75. The molecule has 0 bridgehead atoms. The number of hydrogen-bond acceptors (Lipinski definition) is 3. The molecule has 2 rings (SSSR count). The van der Waals surface area contributed by atoms with Crippen LogP contribution in [0.5, 0.6) is 0 Å². The Balaban J connectivity index is 1.99. The standard InChI is InChI=1S/C16H26N4O/c1-13(12-21-2)19-16(17)18-11-14-7-3-4-8-15(14)20-9-5-6-10-20/h3-4,7-8,13H,5-6,9-12H2,1-2H3,(H3,17,18,19)/t13-/m0/s1. The molecule has 0 saturated carbocycles. The quantitative estimate of drug-likeness (QED) is 0.618. The lowest BCUT2D eigenvalue weighted by atomic mass is 10.1. The Morgan fingerprint density at radius 3 is 2.81 bits per heavy atom. The van der Waals surface area contributed by atoms with Gasteiger partial charge < -0.3 is 20.7 Å². The molecule has 1 aliphatic rings. The average molecular weight is 290 g/mol. The van der Waals surface area contributed by atoms with Crippen molar-refractivity contribution in [3.8, 4) is 0 Å². The van der Waals surface area contributed by atoms with Crippen LogP contribution in [-0.2, 0) is 11.3 Å². The first kappa shape index (κ1) is 15.6. The Morgan fingerprint density at radius 1 is 1.38 bits per heavy atom. The van der Waals surface area contributed by atoms with E-state index in [2.05, 4.69) is 39.5 Å². The second-order valence-electron chi connectivity index (χ2n) is 5.53. The highest BCUT2D eigenvalue weighted by Gasteiger charge is 2.14. The summed E-state index contributed by atoms with van der Waals surface area (Å²) >= 11 is 0. The van der Waals surface area contributed by atoms with Crippen LogP contribution in [0, 0.1) is 0 Å². The number of hydrogen-bond donors (Lipinski definition) is 2. The average Bonchev–Trinajstić information content (AvgIpc) is 2.99. The van der Waals surface area contributed by atoms with Gasteiger partial charge in [-0.2, -0.15) is 0 Å². The summed E-state index contributed by atoms with van der Waals surface area (Å²) in [5.41, 5.74) is 8.44. The second kappa shape index (κ2) is 7.88. The summed E-state index contributed by atoms with van der Waals surface area (Å²) in [5.74, 6) is 0.468. The molecular weight excluding hydrogens is 264 g/mol. The van der Waals surface area contributed by atoms with Gasteiger partial charge in [0.1, 0.15) is 0 Å². The fraction of sp³-hybridized carbons (Fsp3) is 0.562. The number of ether oxygens (including phenoxy) is 1. The van der Waals surface area contributed by atoms with Crippen LogP contribution in [0.1, 0.15) is 25.3 Å². The highest BCUT2D eigenvalue weighted by molar-refractivity contribution is 5.78. The van der Waals surface area contributed by atoms with E-state index in [9.17, 15) is 0 Å². The van der Waals surface area contributed by atoms with E-state index >= 15 is 0 Å². The molecule has 5 heteroatoms. The lowest BCUT2D eigenvalue weighted by molar-refractivity contribution is 0.179. The van der Waals surface area contributed by atoms with Crippen molar-refractivity contribution in [2.75, 3.05) is 31.7 Å². The summed E-state index contributed by atoms with van der Waals surface area (Å²) in [7, 11) is 1.68. The van der Waals surface area contributed by atoms with E-state index in [4.69, 9.17) is 10.5 Å². The minimum atomic E-state index is 0.160. The van der Waals surface area contributed by atoms with E-state index < -0.39 is 0 Å². The fourth-order valence-corrected chi connectivity index (χ4v) is 2.67. The molecule has 0 unspecified atom stereocenters. The highest BCUT2D eigenvalue weighted by Crippen LogP contribution is 2.24. The highest BCUT2D eigenvalue weighted by atomic mass is 16.5. The van der Waals surface area contributed by atoms with Crippen LogP contribution >= 0.6 is 0 Å². The van der Waals surface area contributed by atoms with Crippen molar-refractivity contribution < 1.29 is 4.74 Å². The predicted molar refractivity (Wildman–Crippen MR) is 87.7 cm³/mol. The first-order valence-corrected chi connectivity index (χ1v) is 7.59. The van der Waals surface area contributed by atoms with Crippen molar-refractivity contribution in [2.45, 2.75) is 32.4 Å². The molecule has 1 fully saturated rings. The lowest BCUT2D eigenvalue weighted by Gasteiger charge is -2.21. The van der Waals surface area contributed by atoms with E-state index in [1.807, 2.05) is 6.92 Å². The third kappa shape index (κ3) is 4.63. The zero-order valence-corrected chi connectivity index (χ0v) is 13.0. The van der Waals surface area contributed by atoms with Crippen LogP contribution in [-0.4, -0.2) is 38.8 Å². The van der Waals surface area contributed by atoms with Gasteiger partial charge in [0.25, 0.3) is 0 Å². The third-order valence-corrected chi connectivity index (χ3v) is 3.67. The summed E-state index contributed by atoms with van der Waals surface area (Å²) in [6.07, 6.45) is 2.55. The smallest absolute Gasteiger partial charge is 0.189 e. The topological polar surface area (TPSA) is 62.9 Å². The molecule has 0 aromatic heterocycles. The van der Waals surface area contributed by atoms with Crippen molar-refractivity contribution >= 4 is 11.6 Å². The van der Waals surface area contributed by atoms with Gasteiger partial charge in [-0.3, -0.25) is 0 Å². The summed E-state index contributed by atoms with van der Waals surface area (Å²) in [6, 6.07) is 8.61. The molecule has 5 nitrogen and oxygen atoms in total. The van der Waals surface area contributed by atoms with Crippen LogP contribution in [0.15, 0.2) is 29.3 Å². The van der Waals surface area contributed by atoms with Gasteiger partial charge in [0.2, 0.25) is 0 Å². The molecule has 1 aromatic rings. The van der Waals surface area contributed by atoms with Gasteiger partial charge in [-0.15, -0.1) is 0 Å². The van der Waals surface area contributed by atoms with Crippen LogP contribution in [0.3, 0.4) is 0 Å². The van der Waals surface area contributed by atoms with Gasteiger partial charge in [0.05, 0.1) is 13.2 Å². The number of nitrogens with one attached hydrogen (secondary N) is 1. The van der Waals surface area contributed by atoms with Gasteiger partial charge in [-0.05, 0) is 31.4 Å². The first-order valence-electron chi connectivity index (χ1n) is 7.59. The number of methoxy groups -OCH3 is 1.